The van der Waals surface area contributed by atoms with Gasteiger partial charge in [0.15, 0.2) is 0 Å². The molecule has 0 aliphatic heterocycles. The van der Waals surface area contributed by atoms with Crippen molar-refractivity contribution in [2.45, 2.75) is 38.8 Å². The van der Waals surface area contributed by atoms with Crippen molar-refractivity contribution in [3.8, 4) is 0 Å². The minimum atomic E-state index is -0.133. The van der Waals surface area contributed by atoms with Gasteiger partial charge in [-0.15, -0.1) is 11.3 Å². The smallest absolute Gasteiger partial charge is 0.123 e. The standard InChI is InChI=1S/C14H16FNS/c1-2-11-12-7-9(15)3-6-13(12)17-14(11)8-16-10-4-5-10/h3,6-7,10,16H,2,4-5,8H2,1H3. The Bertz CT molecular complexity index is 542. The second-order valence-corrected chi connectivity index (χ2v) is 5.79. The van der Waals surface area contributed by atoms with Crippen LogP contribution in [0.4, 0.5) is 4.39 Å². The number of hydrogen-bond acceptors (Lipinski definition) is 2. The molecule has 0 amide bonds. The lowest BCUT2D eigenvalue weighted by atomic mass is 10.1. The highest BCUT2D eigenvalue weighted by atomic mass is 32.1. The van der Waals surface area contributed by atoms with Crippen LogP contribution in [0, 0.1) is 5.82 Å². The van der Waals surface area contributed by atoms with Crippen LogP contribution in [0.15, 0.2) is 18.2 Å². The van der Waals surface area contributed by atoms with E-state index in [1.165, 1.54) is 28.0 Å². The van der Waals surface area contributed by atoms with Gasteiger partial charge in [-0.3, -0.25) is 0 Å². The number of thiophene rings is 1. The first-order valence-corrected chi connectivity index (χ1v) is 7.02. The topological polar surface area (TPSA) is 12.0 Å². The summed E-state index contributed by atoms with van der Waals surface area (Å²) in [6.07, 6.45) is 3.59. The Hall–Kier alpha value is -0.930. The van der Waals surface area contributed by atoms with E-state index in [1.54, 1.807) is 23.5 Å². The van der Waals surface area contributed by atoms with Crippen molar-refractivity contribution in [1.29, 1.82) is 0 Å². The molecular formula is C14H16FNS. The van der Waals surface area contributed by atoms with Crippen molar-refractivity contribution in [3.63, 3.8) is 0 Å². The van der Waals surface area contributed by atoms with E-state index in [2.05, 4.69) is 12.2 Å². The lowest BCUT2D eigenvalue weighted by Gasteiger charge is -2.03. The molecule has 3 rings (SSSR count). The van der Waals surface area contributed by atoms with E-state index in [1.807, 2.05) is 6.07 Å². The first kappa shape index (κ1) is 11.2. The highest BCUT2D eigenvalue weighted by Crippen LogP contribution is 2.33. The summed E-state index contributed by atoms with van der Waals surface area (Å²) in [5.41, 5.74) is 1.32. The van der Waals surface area contributed by atoms with Crippen molar-refractivity contribution in [2.75, 3.05) is 0 Å². The van der Waals surface area contributed by atoms with E-state index in [-0.39, 0.29) is 5.82 Å². The molecule has 1 N–H and O–H groups in total. The number of nitrogens with one attached hydrogen (secondary N) is 1. The summed E-state index contributed by atoms with van der Waals surface area (Å²) in [6, 6.07) is 5.85. The molecule has 0 saturated heterocycles. The van der Waals surface area contributed by atoms with Gasteiger partial charge in [0.2, 0.25) is 0 Å². The molecule has 1 aliphatic rings. The van der Waals surface area contributed by atoms with Crippen LogP contribution < -0.4 is 5.32 Å². The second-order valence-electron chi connectivity index (χ2n) is 4.65. The van der Waals surface area contributed by atoms with Crippen LogP contribution in [0.5, 0.6) is 0 Å². The summed E-state index contributed by atoms with van der Waals surface area (Å²) in [6.45, 7) is 3.09. The van der Waals surface area contributed by atoms with E-state index >= 15 is 0 Å². The van der Waals surface area contributed by atoms with Crippen molar-refractivity contribution in [3.05, 3.63) is 34.5 Å². The van der Waals surface area contributed by atoms with Crippen molar-refractivity contribution < 1.29 is 4.39 Å². The maximum absolute atomic E-state index is 13.3. The summed E-state index contributed by atoms with van der Waals surface area (Å²) in [5, 5.41) is 4.64. The van der Waals surface area contributed by atoms with Gasteiger partial charge in [-0.1, -0.05) is 6.92 Å². The Morgan fingerprint density at radius 1 is 1.41 bits per heavy atom. The minimum Gasteiger partial charge on any atom is -0.309 e. The zero-order valence-corrected chi connectivity index (χ0v) is 10.7. The van der Waals surface area contributed by atoms with Crippen LogP contribution in [-0.2, 0) is 13.0 Å². The molecule has 0 spiro atoms. The highest BCUT2D eigenvalue weighted by Gasteiger charge is 2.21. The minimum absolute atomic E-state index is 0.133. The molecular weight excluding hydrogens is 233 g/mol. The van der Waals surface area contributed by atoms with Crippen LogP contribution in [0.1, 0.15) is 30.2 Å². The lowest BCUT2D eigenvalue weighted by molar-refractivity contribution is 0.629. The number of benzene rings is 1. The van der Waals surface area contributed by atoms with Gasteiger partial charge in [-0.25, -0.2) is 4.39 Å². The average molecular weight is 249 g/mol. The van der Waals surface area contributed by atoms with Gasteiger partial charge in [-0.05, 0) is 48.4 Å². The average Bonchev–Trinajstić information content (AvgIpc) is 3.08. The molecule has 90 valence electrons. The third kappa shape index (κ3) is 2.22. The molecule has 3 heteroatoms. The van der Waals surface area contributed by atoms with Crippen molar-refractivity contribution >= 4 is 21.4 Å². The number of hydrogen-bond donors (Lipinski definition) is 1. The summed E-state index contributed by atoms with van der Waals surface area (Å²) in [7, 11) is 0. The zero-order valence-electron chi connectivity index (χ0n) is 9.92. The third-order valence-corrected chi connectivity index (χ3v) is 4.53. The number of fused-ring (bicyclic) bond motifs is 1. The third-order valence-electron chi connectivity index (χ3n) is 3.32. The molecule has 1 aromatic carbocycles. The van der Waals surface area contributed by atoms with Crippen LogP contribution in [0.3, 0.4) is 0 Å². The van der Waals surface area contributed by atoms with E-state index in [0.717, 1.165) is 24.4 Å². The summed E-state index contributed by atoms with van der Waals surface area (Å²) in [4.78, 5) is 1.38. The number of halogens is 1. The SMILES string of the molecule is CCc1c(CNC2CC2)sc2ccc(F)cc12. The predicted octanol–water partition coefficient (Wildman–Crippen LogP) is 3.85. The molecule has 0 atom stereocenters. The number of aryl methyl sites for hydroxylation is 1. The molecule has 1 heterocycles. The van der Waals surface area contributed by atoms with E-state index in [9.17, 15) is 4.39 Å². The largest absolute Gasteiger partial charge is 0.309 e. The fourth-order valence-electron chi connectivity index (χ4n) is 2.23. The predicted molar refractivity (Wildman–Crippen MR) is 71.0 cm³/mol. The molecule has 1 aliphatic carbocycles. The van der Waals surface area contributed by atoms with Gasteiger partial charge in [0.25, 0.3) is 0 Å². The molecule has 2 aromatic rings. The Morgan fingerprint density at radius 2 is 2.24 bits per heavy atom. The van der Waals surface area contributed by atoms with E-state index in [4.69, 9.17) is 0 Å². The maximum Gasteiger partial charge on any atom is 0.123 e. The molecule has 1 saturated carbocycles. The fourth-order valence-corrected chi connectivity index (χ4v) is 3.45. The van der Waals surface area contributed by atoms with Crippen LogP contribution >= 0.6 is 11.3 Å². The highest BCUT2D eigenvalue weighted by molar-refractivity contribution is 7.19. The van der Waals surface area contributed by atoms with Crippen LogP contribution in [0.25, 0.3) is 10.1 Å². The quantitative estimate of drug-likeness (QED) is 0.867. The van der Waals surface area contributed by atoms with Gasteiger partial charge >= 0.3 is 0 Å². The van der Waals surface area contributed by atoms with Crippen molar-refractivity contribution in [1.82, 2.24) is 5.32 Å². The Balaban J connectivity index is 1.97. The first-order valence-electron chi connectivity index (χ1n) is 6.21. The van der Waals surface area contributed by atoms with Gasteiger partial charge in [0.1, 0.15) is 5.82 Å². The Labute approximate surface area is 105 Å². The van der Waals surface area contributed by atoms with Crippen molar-refractivity contribution in [2.24, 2.45) is 0 Å². The summed E-state index contributed by atoms with van der Waals surface area (Å²) in [5.74, 6) is -0.133. The fraction of sp³-hybridized carbons (Fsp3) is 0.429. The first-order chi connectivity index (χ1) is 8.28. The summed E-state index contributed by atoms with van der Waals surface area (Å²) >= 11 is 1.80. The number of rotatable bonds is 4. The van der Waals surface area contributed by atoms with E-state index < -0.39 is 0 Å². The maximum atomic E-state index is 13.3. The van der Waals surface area contributed by atoms with Crippen LogP contribution in [0.2, 0.25) is 0 Å². The molecule has 0 bridgehead atoms. The van der Waals surface area contributed by atoms with Gasteiger partial charge in [0.05, 0.1) is 0 Å². The molecule has 1 aromatic heterocycles. The van der Waals surface area contributed by atoms with Gasteiger partial charge in [-0.2, -0.15) is 0 Å². The molecule has 1 fully saturated rings. The zero-order chi connectivity index (χ0) is 11.8. The lowest BCUT2D eigenvalue weighted by Crippen LogP contribution is -2.15. The normalized spacial score (nSPS) is 15.6. The van der Waals surface area contributed by atoms with Gasteiger partial charge < -0.3 is 5.32 Å². The summed E-state index contributed by atoms with van der Waals surface area (Å²) < 4.78 is 14.5. The Morgan fingerprint density at radius 3 is 2.94 bits per heavy atom. The second kappa shape index (κ2) is 4.39. The molecule has 0 radical (unpaired) electrons. The molecule has 17 heavy (non-hydrogen) atoms. The van der Waals surface area contributed by atoms with Crippen LogP contribution in [-0.4, -0.2) is 6.04 Å². The molecule has 0 unspecified atom stereocenters. The van der Waals surface area contributed by atoms with E-state index in [0.29, 0.717) is 0 Å². The van der Waals surface area contributed by atoms with Gasteiger partial charge in [0, 0.05) is 22.2 Å². The molecule has 1 nitrogen and oxygen atoms in total. The monoisotopic (exact) mass is 249 g/mol. The Kier molecular flexibility index (Phi) is 2.89.